The van der Waals surface area contributed by atoms with Crippen molar-refractivity contribution in [3.8, 4) is 11.3 Å². The number of anilines is 1. The summed E-state index contributed by atoms with van der Waals surface area (Å²) in [6, 6.07) is 30.1. The molecule has 2 aromatic heterocycles. The molecule has 0 bridgehead atoms. The second kappa shape index (κ2) is 10.5. The molecule has 0 unspecified atom stereocenters. The van der Waals surface area contributed by atoms with Gasteiger partial charge >= 0.3 is 0 Å². The monoisotopic (exact) mass is 475 g/mol. The molecule has 0 spiro atoms. The number of carbonyl (C=O) groups is 1. The van der Waals surface area contributed by atoms with E-state index in [1.807, 2.05) is 77.3 Å². The molecule has 5 aromatic rings. The minimum absolute atomic E-state index is 0.172. The van der Waals surface area contributed by atoms with Crippen LogP contribution in [-0.2, 0) is 19.6 Å². The summed E-state index contributed by atoms with van der Waals surface area (Å²) in [5.41, 5.74) is 13.1. The van der Waals surface area contributed by atoms with E-state index in [-0.39, 0.29) is 5.91 Å². The fourth-order valence-corrected chi connectivity index (χ4v) is 4.33. The standard InChI is InChI=1S/C30H29N5O/c1-21-8-5-13-25(16-21)27-29(32-19-22-9-3-2-4-10-22)35-15-7-14-26(28(35)34-27)30(36)33-20-24-12-6-11-23(17-24)18-31/h2-17,32H,18-20,31H2,1H3,(H,33,36). The molecule has 180 valence electrons. The Morgan fingerprint density at radius 2 is 1.64 bits per heavy atom. The normalized spacial score (nSPS) is 10.9. The Kier molecular flexibility index (Phi) is 6.78. The predicted molar refractivity (Wildman–Crippen MR) is 145 cm³/mol. The third-order valence-electron chi connectivity index (χ3n) is 6.17. The summed E-state index contributed by atoms with van der Waals surface area (Å²) in [6.07, 6.45) is 1.94. The van der Waals surface area contributed by atoms with E-state index in [0.717, 1.165) is 39.3 Å². The number of fused-ring (bicyclic) bond motifs is 1. The van der Waals surface area contributed by atoms with Crippen LogP contribution in [0.4, 0.5) is 5.82 Å². The Bertz CT molecular complexity index is 1510. The van der Waals surface area contributed by atoms with Crippen LogP contribution in [0.15, 0.2) is 97.2 Å². The van der Waals surface area contributed by atoms with Crippen LogP contribution < -0.4 is 16.4 Å². The molecule has 0 radical (unpaired) electrons. The van der Waals surface area contributed by atoms with Crippen LogP contribution in [0.2, 0.25) is 0 Å². The first kappa shape index (κ1) is 23.3. The molecule has 5 rings (SSSR count). The highest BCUT2D eigenvalue weighted by molar-refractivity contribution is 6.00. The summed E-state index contributed by atoms with van der Waals surface area (Å²) in [6.45, 7) is 3.59. The van der Waals surface area contributed by atoms with Gasteiger partial charge < -0.3 is 16.4 Å². The van der Waals surface area contributed by atoms with Crippen LogP contribution in [0.5, 0.6) is 0 Å². The van der Waals surface area contributed by atoms with Gasteiger partial charge in [0.1, 0.15) is 11.5 Å². The summed E-state index contributed by atoms with van der Waals surface area (Å²) in [5.74, 6) is 0.680. The van der Waals surface area contributed by atoms with Gasteiger partial charge in [-0.2, -0.15) is 0 Å². The number of aromatic nitrogens is 2. The quantitative estimate of drug-likeness (QED) is 0.284. The van der Waals surface area contributed by atoms with Gasteiger partial charge in [-0.1, -0.05) is 78.4 Å². The molecular formula is C30H29N5O. The number of imidazole rings is 1. The first-order chi connectivity index (χ1) is 17.6. The number of nitrogens with one attached hydrogen (secondary N) is 2. The van der Waals surface area contributed by atoms with Crippen molar-refractivity contribution in [3.63, 3.8) is 0 Å². The van der Waals surface area contributed by atoms with E-state index in [1.165, 1.54) is 0 Å². The lowest BCUT2D eigenvalue weighted by Crippen LogP contribution is -2.23. The number of aryl methyl sites for hydroxylation is 1. The number of hydrogen-bond acceptors (Lipinski definition) is 4. The zero-order valence-corrected chi connectivity index (χ0v) is 20.2. The number of benzene rings is 3. The lowest BCUT2D eigenvalue weighted by Gasteiger charge is -2.10. The average Bonchev–Trinajstić information content (AvgIpc) is 3.30. The smallest absolute Gasteiger partial charge is 0.255 e. The number of nitrogens with two attached hydrogens (primary N) is 1. The molecule has 0 aliphatic carbocycles. The SMILES string of the molecule is Cc1cccc(-c2nc3c(C(=O)NCc4cccc(CN)c4)cccn3c2NCc2ccccc2)c1. The molecule has 0 atom stereocenters. The van der Waals surface area contributed by atoms with Gasteiger partial charge in [0.15, 0.2) is 5.65 Å². The number of amides is 1. The van der Waals surface area contributed by atoms with E-state index in [4.69, 9.17) is 10.7 Å². The molecule has 0 aliphatic heterocycles. The molecule has 4 N–H and O–H groups in total. The van der Waals surface area contributed by atoms with Crippen molar-refractivity contribution < 1.29 is 4.79 Å². The highest BCUT2D eigenvalue weighted by atomic mass is 16.1. The van der Waals surface area contributed by atoms with Crippen LogP contribution >= 0.6 is 0 Å². The van der Waals surface area contributed by atoms with E-state index in [0.29, 0.717) is 30.8 Å². The van der Waals surface area contributed by atoms with Crippen molar-refractivity contribution in [1.29, 1.82) is 0 Å². The topological polar surface area (TPSA) is 84.5 Å². The minimum Gasteiger partial charge on any atom is -0.365 e. The molecule has 2 heterocycles. The van der Waals surface area contributed by atoms with Gasteiger partial charge in [0, 0.05) is 31.4 Å². The largest absolute Gasteiger partial charge is 0.365 e. The van der Waals surface area contributed by atoms with Crippen LogP contribution in [0, 0.1) is 6.92 Å². The number of hydrogen-bond donors (Lipinski definition) is 3. The van der Waals surface area contributed by atoms with E-state index in [2.05, 4.69) is 41.8 Å². The molecule has 3 aromatic carbocycles. The van der Waals surface area contributed by atoms with E-state index in [1.54, 1.807) is 0 Å². The third-order valence-corrected chi connectivity index (χ3v) is 6.17. The van der Waals surface area contributed by atoms with Gasteiger partial charge in [0.05, 0.1) is 5.56 Å². The maximum atomic E-state index is 13.3. The molecule has 0 aliphatic rings. The van der Waals surface area contributed by atoms with E-state index in [9.17, 15) is 4.79 Å². The Morgan fingerprint density at radius 1 is 0.861 bits per heavy atom. The molecule has 6 heteroatoms. The Balaban J connectivity index is 1.50. The maximum Gasteiger partial charge on any atom is 0.255 e. The molecule has 0 saturated carbocycles. The molecule has 0 saturated heterocycles. The molecule has 1 amide bonds. The van der Waals surface area contributed by atoms with Crippen molar-refractivity contribution in [2.45, 2.75) is 26.6 Å². The fraction of sp³-hybridized carbons (Fsp3) is 0.133. The van der Waals surface area contributed by atoms with Gasteiger partial charge in [0.2, 0.25) is 0 Å². The Hall–Kier alpha value is -4.42. The van der Waals surface area contributed by atoms with Crippen molar-refractivity contribution >= 4 is 17.4 Å². The zero-order valence-electron chi connectivity index (χ0n) is 20.2. The minimum atomic E-state index is -0.172. The van der Waals surface area contributed by atoms with Crippen molar-refractivity contribution in [3.05, 3.63) is 125 Å². The van der Waals surface area contributed by atoms with Gasteiger partial charge in [-0.15, -0.1) is 0 Å². The van der Waals surface area contributed by atoms with Crippen LogP contribution in [0.3, 0.4) is 0 Å². The molecule has 36 heavy (non-hydrogen) atoms. The number of pyridine rings is 1. The van der Waals surface area contributed by atoms with Crippen molar-refractivity contribution in [1.82, 2.24) is 14.7 Å². The van der Waals surface area contributed by atoms with Crippen LogP contribution in [0.25, 0.3) is 16.9 Å². The Morgan fingerprint density at radius 3 is 2.44 bits per heavy atom. The van der Waals surface area contributed by atoms with Gasteiger partial charge in [-0.25, -0.2) is 4.98 Å². The lowest BCUT2D eigenvalue weighted by molar-refractivity contribution is 0.0952. The average molecular weight is 476 g/mol. The maximum absolute atomic E-state index is 13.3. The molecule has 6 nitrogen and oxygen atoms in total. The fourth-order valence-electron chi connectivity index (χ4n) is 4.33. The Labute approximate surface area is 210 Å². The molecular weight excluding hydrogens is 446 g/mol. The van der Waals surface area contributed by atoms with E-state index >= 15 is 0 Å². The second-order valence-electron chi connectivity index (χ2n) is 8.84. The summed E-state index contributed by atoms with van der Waals surface area (Å²) < 4.78 is 1.96. The summed E-state index contributed by atoms with van der Waals surface area (Å²) in [4.78, 5) is 18.2. The highest BCUT2D eigenvalue weighted by Gasteiger charge is 2.19. The summed E-state index contributed by atoms with van der Waals surface area (Å²) in [7, 11) is 0. The summed E-state index contributed by atoms with van der Waals surface area (Å²) in [5, 5.41) is 6.60. The van der Waals surface area contributed by atoms with Crippen molar-refractivity contribution in [2.75, 3.05) is 5.32 Å². The first-order valence-corrected chi connectivity index (χ1v) is 12.0. The zero-order chi connectivity index (χ0) is 24.9. The van der Waals surface area contributed by atoms with Crippen molar-refractivity contribution in [2.24, 2.45) is 5.73 Å². The molecule has 0 fully saturated rings. The predicted octanol–water partition coefficient (Wildman–Crippen LogP) is 5.31. The lowest BCUT2D eigenvalue weighted by atomic mass is 10.1. The van der Waals surface area contributed by atoms with Crippen LogP contribution in [0.1, 0.15) is 32.6 Å². The van der Waals surface area contributed by atoms with Gasteiger partial charge in [0.25, 0.3) is 5.91 Å². The van der Waals surface area contributed by atoms with E-state index < -0.39 is 0 Å². The second-order valence-corrected chi connectivity index (χ2v) is 8.84. The number of carbonyl (C=O) groups excluding carboxylic acids is 1. The van der Waals surface area contributed by atoms with Gasteiger partial charge in [-0.3, -0.25) is 9.20 Å². The number of nitrogens with zero attached hydrogens (tertiary/aromatic N) is 2. The van der Waals surface area contributed by atoms with Crippen LogP contribution in [-0.4, -0.2) is 15.3 Å². The summed E-state index contributed by atoms with van der Waals surface area (Å²) >= 11 is 0. The third kappa shape index (κ3) is 4.99. The van der Waals surface area contributed by atoms with Gasteiger partial charge in [-0.05, 0) is 41.8 Å². The highest BCUT2D eigenvalue weighted by Crippen LogP contribution is 2.31. The number of rotatable bonds is 8. The first-order valence-electron chi connectivity index (χ1n) is 12.0.